The molecule has 23 heavy (non-hydrogen) atoms. The number of rotatable bonds is 7. The molecular weight excluding hydrogens is 319 g/mol. The van der Waals surface area contributed by atoms with Crippen molar-refractivity contribution >= 4 is 35.0 Å². The van der Waals surface area contributed by atoms with E-state index in [1.807, 2.05) is 6.07 Å². The summed E-state index contributed by atoms with van der Waals surface area (Å²) < 4.78 is 18.6. The van der Waals surface area contributed by atoms with E-state index >= 15 is 0 Å². The Balaban J connectivity index is 1.91. The number of esters is 1. The van der Waals surface area contributed by atoms with Crippen LogP contribution in [0, 0.1) is 5.82 Å². The zero-order valence-electron chi connectivity index (χ0n) is 13.1. The molecule has 0 atom stereocenters. The van der Waals surface area contributed by atoms with Gasteiger partial charge in [-0.1, -0.05) is 6.07 Å². The molecule has 1 aliphatic heterocycles. The standard InChI is InChI=1S/C16H21FN2O3S/c1-22-15(21)11-23-10-7-14(20)18-16-12(17)5-4-6-13(16)19-8-2-3-9-19/h4-6H,2-3,7-11H2,1H3,(H,18,20). The van der Waals surface area contributed by atoms with Crippen molar-refractivity contribution in [2.75, 3.05) is 41.9 Å². The lowest BCUT2D eigenvalue weighted by atomic mass is 10.2. The van der Waals surface area contributed by atoms with Crippen LogP contribution in [0.3, 0.4) is 0 Å². The maximum absolute atomic E-state index is 14.1. The fourth-order valence-electron chi connectivity index (χ4n) is 2.44. The third-order valence-corrected chi connectivity index (χ3v) is 4.56. The number of nitrogens with zero attached hydrogens (tertiary/aromatic N) is 1. The van der Waals surface area contributed by atoms with Crippen LogP contribution in [0.2, 0.25) is 0 Å². The molecule has 1 amide bonds. The number of carbonyl (C=O) groups excluding carboxylic acids is 2. The molecule has 0 spiro atoms. The van der Waals surface area contributed by atoms with Crippen molar-refractivity contribution in [3.05, 3.63) is 24.0 Å². The number of methoxy groups -OCH3 is 1. The number of ether oxygens (including phenoxy) is 1. The molecule has 0 unspecified atom stereocenters. The maximum Gasteiger partial charge on any atom is 0.315 e. The quantitative estimate of drug-likeness (QED) is 0.611. The summed E-state index contributed by atoms with van der Waals surface area (Å²) in [6.45, 7) is 1.75. The Labute approximate surface area is 139 Å². The molecule has 126 valence electrons. The molecule has 1 N–H and O–H groups in total. The van der Waals surface area contributed by atoms with Gasteiger partial charge in [-0.15, -0.1) is 11.8 Å². The van der Waals surface area contributed by atoms with Crippen LogP contribution in [-0.4, -0.2) is 43.6 Å². The molecule has 1 aliphatic rings. The number of nitrogens with one attached hydrogen (secondary N) is 1. The van der Waals surface area contributed by atoms with E-state index in [0.717, 1.165) is 31.6 Å². The van der Waals surface area contributed by atoms with Crippen LogP contribution in [-0.2, 0) is 14.3 Å². The minimum atomic E-state index is -0.426. The molecule has 0 bridgehead atoms. The second-order valence-electron chi connectivity index (χ2n) is 5.26. The number of amides is 1. The Morgan fingerprint density at radius 2 is 2.09 bits per heavy atom. The number of para-hydroxylation sites is 1. The highest BCUT2D eigenvalue weighted by molar-refractivity contribution is 7.99. The van der Waals surface area contributed by atoms with Gasteiger partial charge in [0.1, 0.15) is 11.5 Å². The van der Waals surface area contributed by atoms with Gasteiger partial charge < -0.3 is 15.0 Å². The van der Waals surface area contributed by atoms with E-state index in [9.17, 15) is 14.0 Å². The zero-order chi connectivity index (χ0) is 16.7. The van der Waals surface area contributed by atoms with Crippen molar-refractivity contribution in [1.29, 1.82) is 0 Å². The summed E-state index contributed by atoms with van der Waals surface area (Å²) in [5, 5.41) is 2.67. The van der Waals surface area contributed by atoms with E-state index in [0.29, 0.717) is 5.75 Å². The predicted octanol–water partition coefficient (Wildman–Crippen LogP) is 2.66. The smallest absolute Gasteiger partial charge is 0.315 e. The number of halogens is 1. The summed E-state index contributed by atoms with van der Waals surface area (Å²) in [6, 6.07) is 4.84. The van der Waals surface area contributed by atoms with Crippen LogP contribution in [0.4, 0.5) is 15.8 Å². The molecule has 1 aromatic rings. The Morgan fingerprint density at radius 1 is 1.35 bits per heavy atom. The van der Waals surface area contributed by atoms with Gasteiger partial charge in [-0.05, 0) is 25.0 Å². The molecule has 1 saturated heterocycles. The van der Waals surface area contributed by atoms with Gasteiger partial charge in [0.25, 0.3) is 0 Å². The normalized spacial score (nSPS) is 13.9. The Hall–Kier alpha value is -1.76. The first kappa shape index (κ1) is 17.6. The fourth-order valence-corrected chi connectivity index (χ4v) is 3.20. The van der Waals surface area contributed by atoms with Crippen molar-refractivity contribution in [3.8, 4) is 0 Å². The lowest BCUT2D eigenvalue weighted by Gasteiger charge is -2.22. The number of thioether (sulfide) groups is 1. The third kappa shape index (κ3) is 5.13. The minimum Gasteiger partial charge on any atom is -0.468 e. The summed E-state index contributed by atoms with van der Waals surface area (Å²) in [4.78, 5) is 25.1. The van der Waals surface area contributed by atoms with E-state index < -0.39 is 5.82 Å². The SMILES string of the molecule is COC(=O)CSCCC(=O)Nc1c(F)cccc1N1CCCC1. The van der Waals surface area contributed by atoms with Crippen molar-refractivity contribution in [2.45, 2.75) is 19.3 Å². The Kier molecular flexibility index (Phi) is 6.70. The van der Waals surface area contributed by atoms with Gasteiger partial charge in [-0.3, -0.25) is 9.59 Å². The first-order chi connectivity index (χ1) is 11.1. The average Bonchev–Trinajstić information content (AvgIpc) is 3.07. The Bertz CT molecular complexity index is 562. The van der Waals surface area contributed by atoms with Crippen LogP contribution >= 0.6 is 11.8 Å². The van der Waals surface area contributed by atoms with Crippen LogP contribution in [0.25, 0.3) is 0 Å². The number of benzene rings is 1. The highest BCUT2D eigenvalue weighted by Gasteiger charge is 2.19. The van der Waals surface area contributed by atoms with Crippen LogP contribution in [0.15, 0.2) is 18.2 Å². The highest BCUT2D eigenvalue weighted by atomic mass is 32.2. The topological polar surface area (TPSA) is 58.6 Å². The van der Waals surface area contributed by atoms with Crippen LogP contribution in [0.5, 0.6) is 0 Å². The van der Waals surface area contributed by atoms with Crippen molar-refractivity contribution in [3.63, 3.8) is 0 Å². The molecule has 2 rings (SSSR count). The summed E-state index contributed by atoms with van der Waals surface area (Å²) in [7, 11) is 1.33. The van der Waals surface area contributed by atoms with Crippen molar-refractivity contribution in [2.24, 2.45) is 0 Å². The molecule has 0 aromatic heterocycles. The molecular formula is C16H21FN2O3S. The first-order valence-electron chi connectivity index (χ1n) is 7.59. The number of anilines is 2. The van der Waals surface area contributed by atoms with Gasteiger partial charge >= 0.3 is 5.97 Å². The summed E-state index contributed by atoms with van der Waals surface area (Å²) >= 11 is 1.32. The lowest BCUT2D eigenvalue weighted by molar-refractivity contribution is -0.137. The molecule has 7 heteroatoms. The van der Waals surface area contributed by atoms with Crippen LogP contribution in [0.1, 0.15) is 19.3 Å². The van der Waals surface area contributed by atoms with E-state index in [2.05, 4.69) is 15.0 Å². The second kappa shape index (κ2) is 8.76. The molecule has 1 heterocycles. The number of hydrogen-bond donors (Lipinski definition) is 1. The average molecular weight is 340 g/mol. The van der Waals surface area contributed by atoms with Gasteiger partial charge in [-0.2, -0.15) is 0 Å². The molecule has 1 aromatic carbocycles. The largest absolute Gasteiger partial charge is 0.468 e. The van der Waals surface area contributed by atoms with Gasteiger partial charge in [0.15, 0.2) is 0 Å². The van der Waals surface area contributed by atoms with E-state index in [-0.39, 0.29) is 29.7 Å². The Morgan fingerprint density at radius 3 is 2.78 bits per heavy atom. The van der Waals surface area contributed by atoms with Gasteiger partial charge in [0.2, 0.25) is 5.91 Å². The molecule has 5 nitrogen and oxygen atoms in total. The molecule has 0 radical (unpaired) electrons. The van der Waals surface area contributed by atoms with E-state index in [4.69, 9.17) is 0 Å². The monoisotopic (exact) mass is 340 g/mol. The highest BCUT2D eigenvalue weighted by Crippen LogP contribution is 2.31. The van der Waals surface area contributed by atoms with Gasteiger partial charge in [0.05, 0.1) is 18.6 Å². The van der Waals surface area contributed by atoms with Crippen molar-refractivity contribution < 1.29 is 18.7 Å². The van der Waals surface area contributed by atoms with E-state index in [1.165, 1.54) is 24.9 Å². The summed E-state index contributed by atoms with van der Waals surface area (Å²) in [5.41, 5.74) is 0.982. The third-order valence-electron chi connectivity index (χ3n) is 3.62. The molecule has 0 aliphatic carbocycles. The number of hydrogen-bond acceptors (Lipinski definition) is 5. The second-order valence-corrected chi connectivity index (χ2v) is 6.36. The maximum atomic E-state index is 14.1. The van der Waals surface area contributed by atoms with Crippen molar-refractivity contribution in [1.82, 2.24) is 0 Å². The van der Waals surface area contributed by atoms with Gasteiger partial charge in [-0.25, -0.2) is 4.39 Å². The summed E-state index contributed by atoms with van der Waals surface area (Å²) in [6.07, 6.45) is 2.37. The molecule has 1 fully saturated rings. The fraction of sp³-hybridized carbons (Fsp3) is 0.500. The zero-order valence-corrected chi connectivity index (χ0v) is 14.0. The summed E-state index contributed by atoms with van der Waals surface area (Å²) in [5.74, 6) is -0.310. The minimum absolute atomic E-state index is 0.211. The van der Waals surface area contributed by atoms with Gasteiger partial charge in [0, 0.05) is 25.3 Å². The van der Waals surface area contributed by atoms with Crippen LogP contribution < -0.4 is 10.2 Å². The first-order valence-corrected chi connectivity index (χ1v) is 8.75. The van der Waals surface area contributed by atoms with E-state index in [1.54, 1.807) is 6.07 Å². The predicted molar refractivity (Wildman–Crippen MR) is 90.4 cm³/mol. The molecule has 0 saturated carbocycles. The number of carbonyl (C=O) groups is 2. The lowest BCUT2D eigenvalue weighted by Crippen LogP contribution is -2.22.